The molecule has 2 rings (SSSR count). The van der Waals surface area contributed by atoms with E-state index in [4.69, 9.17) is 11.6 Å². The zero-order chi connectivity index (χ0) is 17.4. The van der Waals surface area contributed by atoms with Crippen LogP contribution in [0.5, 0.6) is 0 Å². The average molecular weight is 346 g/mol. The molecule has 5 nitrogen and oxygen atoms in total. The van der Waals surface area contributed by atoms with Crippen LogP contribution in [0.25, 0.3) is 0 Å². The third-order valence-corrected chi connectivity index (χ3v) is 3.75. The summed E-state index contributed by atoms with van der Waals surface area (Å²) >= 11 is 5.98. The highest BCUT2D eigenvalue weighted by atomic mass is 35.5. The molecule has 2 aromatic rings. The summed E-state index contributed by atoms with van der Waals surface area (Å²) in [6, 6.07) is 15.7. The molecule has 126 valence electrons. The van der Waals surface area contributed by atoms with Gasteiger partial charge in [-0.3, -0.25) is 10.1 Å². The topological polar surface area (TPSA) is 70.2 Å². The average Bonchev–Trinajstić information content (AvgIpc) is 2.59. The Morgan fingerprint density at radius 3 is 2.50 bits per heavy atom. The summed E-state index contributed by atoms with van der Waals surface area (Å²) in [5.74, 6) is -0.397. The van der Waals surface area contributed by atoms with Gasteiger partial charge in [0.1, 0.15) is 6.04 Å². The van der Waals surface area contributed by atoms with E-state index in [-0.39, 0.29) is 0 Å². The van der Waals surface area contributed by atoms with Crippen molar-refractivity contribution in [2.75, 3.05) is 13.6 Å². The molecule has 1 atom stereocenters. The van der Waals surface area contributed by atoms with Gasteiger partial charge in [0.25, 0.3) is 0 Å². The molecule has 0 aliphatic rings. The first kappa shape index (κ1) is 18.0. The van der Waals surface area contributed by atoms with Crippen LogP contribution in [0.2, 0.25) is 5.02 Å². The number of urea groups is 1. The van der Waals surface area contributed by atoms with Crippen molar-refractivity contribution in [3.63, 3.8) is 0 Å². The maximum absolute atomic E-state index is 12.4. The summed E-state index contributed by atoms with van der Waals surface area (Å²) in [6.07, 6.45) is 0.719. The van der Waals surface area contributed by atoms with Crippen LogP contribution < -0.4 is 16.0 Å². The maximum Gasteiger partial charge on any atom is 0.321 e. The predicted octanol–water partition coefficient (Wildman–Crippen LogP) is 2.67. The van der Waals surface area contributed by atoms with E-state index >= 15 is 0 Å². The smallest absolute Gasteiger partial charge is 0.321 e. The van der Waals surface area contributed by atoms with E-state index in [9.17, 15) is 9.59 Å². The number of amides is 3. The second-order valence-electron chi connectivity index (χ2n) is 5.25. The molecule has 3 amide bonds. The molecule has 0 saturated heterocycles. The van der Waals surface area contributed by atoms with Crippen molar-refractivity contribution in [2.45, 2.75) is 12.5 Å². The molecular formula is C18H20ClN3O2. The van der Waals surface area contributed by atoms with E-state index in [2.05, 4.69) is 16.0 Å². The van der Waals surface area contributed by atoms with Gasteiger partial charge >= 0.3 is 6.03 Å². The Balaban J connectivity index is 2.03. The predicted molar refractivity (Wildman–Crippen MR) is 94.9 cm³/mol. The Labute approximate surface area is 146 Å². The minimum Gasteiger partial charge on any atom is -0.341 e. The summed E-state index contributed by atoms with van der Waals surface area (Å²) in [5, 5.41) is 8.57. The largest absolute Gasteiger partial charge is 0.341 e. The highest BCUT2D eigenvalue weighted by Gasteiger charge is 2.21. The summed E-state index contributed by atoms with van der Waals surface area (Å²) in [7, 11) is 1.46. The number of imide groups is 1. The van der Waals surface area contributed by atoms with Gasteiger partial charge in [-0.05, 0) is 29.7 Å². The standard InChI is InChI=1S/C18H20ClN3O2/c1-20-18(24)22-17(23)16(14-7-3-2-4-8-14)21-11-10-13-6-5-9-15(19)12-13/h2-9,12,16,21H,10-11H2,1H3,(H2,20,22,23,24)/t16-/m0/s1. The highest BCUT2D eigenvalue weighted by Crippen LogP contribution is 2.14. The second-order valence-corrected chi connectivity index (χ2v) is 5.68. The van der Waals surface area contributed by atoms with E-state index in [1.165, 1.54) is 7.05 Å². The molecule has 3 N–H and O–H groups in total. The van der Waals surface area contributed by atoms with Crippen LogP contribution in [0.1, 0.15) is 17.2 Å². The van der Waals surface area contributed by atoms with Crippen LogP contribution in [-0.4, -0.2) is 25.5 Å². The molecule has 0 bridgehead atoms. The van der Waals surface area contributed by atoms with Crippen molar-refractivity contribution in [1.82, 2.24) is 16.0 Å². The van der Waals surface area contributed by atoms with E-state index in [0.29, 0.717) is 11.6 Å². The molecule has 0 aliphatic carbocycles. The lowest BCUT2D eigenvalue weighted by Crippen LogP contribution is -2.44. The summed E-state index contributed by atoms with van der Waals surface area (Å²) in [6.45, 7) is 0.571. The fourth-order valence-corrected chi connectivity index (χ4v) is 2.52. The van der Waals surface area contributed by atoms with Gasteiger partial charge in [0.15, 0.2) is 0 Å². The maximum atomic E-state index is 12.4. The normalized spacial score (nSPS) is 11.6. The van der Waals surface area contributed by atoms with Gasteiger partial charge in [0, 0.05) is 18.6 Å². The second kappa shape index (κ2) is 9.05. The van der Waals surface area contributed by atoms with Gasteiger partial charge < -0.3 is 10.6 Å². The van der Waals surface area contributed by atoms with Crippen LogP contribution in [0.4, 0.5) is 4.79 Å². The van der Waals surface area contributed by atoms with Crippen molar-refractivity contribution in [3.05, 3.63) is 70.7 Å². The van der Waals surface area contributed by atoms with Crippen LogP contribution in [0, 0.1) is 0 Å². The van der Waals surface area contributed by atoms with Crippen molar-refractivity contribution >= 4 is 23.5 Å². The van der Waals surface area contributed by atoms with Crippen LogP contribution in [0.15, 0.2) is 54.6 Å². The van der Waals surface area contributed by atoms with Gasteiger partial charge in [0.05, 0.1) is 0 Å². The molecule has 0 unspecified atom stereocenters. The lowest BCUT2D eigenvalue weighted by Gasteiger charge is -2.18. The third kappa shape index (κ3) is 5.37. The van der Waals surface area contributed by atoms with Crippen LogP contribution in [0.3, 0.4) is 0 Å². The Morgan fingerprint density at radius 2 is 1.83 bits per heavy atom. The Bertz CT molecular complexity index is 692. The quantitative estimate of drug-likeness (QED) is 0.753. The van der Waals surface area contributed by atoms with Gasteiger partial charge in [-0.25, -0.2) is 4.79 Å². The molecule has 0 spiro atoms. The minimum atomic E-state index is -0.609. The molecule has 0 fully saturated rings. The van der Waals surface area contributed by atoms with E-state index in [0.717, 1.165) is 17.5 Å². The summed E-state index contributed by atoms with van der Waals surface area (Å²) < 4.78 is 0. The number of halogens is 1. The Morgan fingerprint density at radius 1 is 1.08 bits per heavy atom. The first-order valence-corrected chi connectivity index (χ1v) is 8.03. The van der Waals surface area contributed by atoms with E-state index in [1.54, 1.807) is 0 Å². The summed E-state index contributed by atoms with van der Waals surface area (Å²) in [4.78, 5) is 23.8. The fraction of sp³-hybridized carbons (Fsp3) is 0.222. The number of rotatable bonds is 6. The van der Waals surface area contributed by atoms with Crippen LogP contribution in [-0.2, 0) is 11.2 Å². The SMILES string of the molecule is CNC(=O)NC(=O)[C@@H](NCCc1cccc(Cl)c1)c1ccccc1. The van der Waals surface area contributed by atoms with Gasteiger partial charge in [-0.1, -0.05) is 54.1 Å². The lowest BCUT2D eigenvalue weighted by atomic mass is 10.1. The highest BCUT2D eigenvalue weighted by molar-refractivity contribution is 6.30. The fourth-order valence-electron chi connectivity index (χ4n) is 2.31. The van der Waals surface area contributed by atoms with Crippen molar-refractivity contribution in [1.29, 1.82) is 0 Å². The van der Waals surface area contributed by atoms with Gasteiger partial charge in [-0.2, -0.15) is 0 Å². The first-order valence-electron chi connectivity index (χ1n) is 7.65. The number of carbonyl (C=O) groups is 2. The molecule has 0 aliphatic heterocycles. The number of benzene rings is 2. The monoisotopic (exact) mass is 345 g/mol. The lowest BCUT2D eigenvalue weighted by molar-refractivity contribution is -0.122. The van der Waals surface area contributed by atoms with Gasteiger partial charge in [-0.15, -0.1) is 0 Å². The zero-order valence-electron chi connectivity index (χ0n) is 13.4. The molecule has 6 heteroatoms. The molecule has 24 heavy (non-hydrogen) atoms. The van der Waals surface area contributed by atoms with Crippen molar-refractivity contribution in [3.8, 4) is 0 Å². The molecular weight excluding hydrogens is 326 g/mol. The molecule has 0 aromatic heterocycles. The van der Waals surface area contributed by atoms with E-state index in [1.807, 2.05) is 54.6 Å². The molecule has 0 radical (unpaired) electrons. The van der Waals surface area contributed by atoms with Crippen molar-refractivity contribution < 1.29 is 9.59 Å². The number of carbonyl (C=O) groups excluding carboxylic acids is 2. The number of hydrogen-bond donors (Lipinski definition) is 3. The van der Waals surface area contributed by atoms with Gasteiger partial charge in [0.2, 0.25) is 5.91 Å². The van der Waals surface area contributed by atoms with E-state index < -0.39 is 18.0 Å². The Kier molecular flexibility index (Phi) is 6.78. The minimum absolute atomic E-state index is 0.397. The third-order valence-electron chi connectivity index (χ3n) is 3.51. The Hall–Kier alpha value is -2.37. The first-order chi connectivity index (χ1) is 11.6. The molecule has 2 aromatic carbocycles. The summed E-state index contributed by atoms with van der Waals surface area (Å²) in [5.41, 5.74) is 1.87. The number of nitrogens with one attached hydrogen (secondary N) is 3. The van der Waals surface area contributed by atoms with Crippen molar-refractivity contribution in [2.24, 2.45) is 0 Å². The zero-order valence-corrected chi connectivity index (χ0v) is 14.1. The molecule has 0 saturated carbocycles. The van der Waals surface area contributed by atoms with Crippen LogP contribution >= 0.6 is 11.6 Å². The number of hydrogen-bond acceptors (Lipinski definition) is 3. The molecule has 0 heterocycles.